The lowest BCUT2D eigenvalue weighted by Crippen LogP contribution is -2.39. The van der Waals surface area contributed by atoms with Crippen molar-refractivity contribution >= 4 is 23.4 Å². The Kier molecular flexibility index (Phi) is 7.31. The summed E-state index contributed by atoms with van der Waals surface area (Å²) < 4.78 is 18.4. The van der Waals surface area contributed by atoms with Gasteiger partial charge in [0.25, 0.3) is 5.56 Å². The summed E-state index contributed by atoms with van der Waals surface area (Å²) in [5, 5.41) is 0. The summed E-state index contributed by atoms with van der Waals surface area (Å²) in [6.45, 7) is 7.77. The van der Waals surface area contributed by atoms with Crippen LogP contribution in [-0.2, 0) is 9.53 Å². The van der Waals surface area contributed by atoms with Gasteiger partial charge in [-0.05, 0) is 43.2 Å². The molecule has 35 heavy (non-hydrogen) atoms. The maximum absolute atomic E-state index is 13.6. The van der Waals surface area contributed by atoms with Crippen LogP contribution in [0.3, 0.4) is 0 Å². The van der Waals surface area contributed by atoms with E-state index in [-0.39, 0.29) is 12.2 Å². The van der Waals surface area contributed by atoms with Gasteiger partial charge in [0.2, 0.25) is 0 Å². The van der Waals surface area contributed by atoms with Crippen molar-refractivity contribution in [3.63, 3.8) is 0 Å². The Morgan fingerprint density at radius 2 is 1.97 bits per heavy atom. The quantitative estimate of drug-likeness (QED) is 0.357. The second-order valence-electron chi connectivity index (χ2n) is 7.72. The van der Waals surface area contributed by atoms with E-state index >= 15 is 0 Å². The van der Waals surface area contributed by atoms with Crippen LogP contribution in [0, 0.1) is 0 Å². The number of carbonyl (C=O) groups is 1. The third kappa shape index (κ3) is 4.83. The number of hydrogen-bond acceptors (Lipinski definition) is 7. The van der Waals surface area contributed by atoms with Crippen LogP contribution < -0.4 is 24.4 Å². The van der Waals surface area contributed by atoms with E-state index in [0.29, 0.717) is 38.7 Å². The molecule has 0 bridgehead atoms. The minimum atomic E-state index is -0.627. The zero-order chi connectivity index (χ0) is 24.9. The topological polar surface area (TPSA) is 79.1 Å². The van der Waals surface area contributed by atoms with Crippen LogP contribution in [0.4, 0.5) is 0 Å². The van der Waals surface area contributed by atoms with Crippen molar-refractivity contribution in [2.45, 2.75) is 19.9 Å². The van der Waals surface area contributed by atoms with Crippen molar-refractivity contribution in [2.24, 2.45) is 4.99 Å². The number of fused-ring (bicyclic) bond motifs is 1. The number of aromatic nitrogens is 1. The predicted molar refractivity (Wildman–Crippen MR) is 136 cm³/mol. The van der Waals surface area contributed by atoms with Gasteiger partial charge in [-0.3, -0.25) is 9.36 Å². The first-order valence-electron chi connectivity index (χ1n) is 11.1. The van der Waals surface area contributed by atoms with Gasteiger partial charge < -0.3 is 14.2 Å². The molecule has 8 heteroatoms. The molecule has 0 aliphatic carbocycles. The molecule has 2 aromatic carbocycles. The van der Waals surface area contributed by atoms with Gasteiger partial charge in [-0.1, -0.05) is 60.4 Å². The largest absolute Gasteiger partial charge is 0.493 e. The molecular weight excluding hydrogens is 464 g/mol. The number of thiazole rings is 1. The van der Waals surface area contributed by atoms with Gasteiger partial charge in [0.15, 0.2) is 16.3 Å². The third-order valence-corrected chi connectivity index (χ3v) is 6.46. The van der Waals surface area contributed by atoms with E-state index in [1.807, 2.05) is 36.4 Å². The molecule has 180 valence electrons. The van der Waals surface area contributed by atoms with Gasteiger partial charge in [-0.2, -0.15) is 0 Å². The molecule has 0 N–H and O–H groups in total. The fourth-order valence-corrected chi connectivity index (χ4v) is 4.98. The number of ether oxygens (including phenoxy) is 3. The standard InChI is InChI=1S/C27H26N2O5S/c1-5-14-34-20-13-12-18(15-21(20)32-4)16-22-25(30)29-24(19-10-8-7-9-11-19)23(26(31)33-6-2)17(3)28-27(29)35-22/h5,7-13,15-16,24H,1,6,14H2,2-4H3/b22-16+. The predicted octanol–water partition coefficient (Wildman–Crippen LogP) is 3.37. The van der Waals surface area contributed by atoms with Gasteiger partial charge in [0, 0.05) is 0 Å². The maximum atomic E-state index is 13.6. The highest BCUT2D eigenvalue weighted by molar-refractivity contribution is 7.07. The second kappa shape index (κ2) is 10.6. The summed E-state index contributed by atoms with van der Waals surface area (Å²) in [5.41, 5.74) is 2.25. The Bertz CT molecular complexity index is 1470. The van der Waals surface area contributed by atoms with Crippen molar-refractivity contribution in [3.8, 4) is 11.5 Å². The molecule has 0 amide bonds. The molecule has 0 spiro atoms. The van der Waals surface area contributed by atoms with E-state index in [1.165, 1.54) is 11.3 Å². The van der Waals surface area contributed by atoms with Crippen LogP contribution in [0.1, 0.15) is 31.0 Å². The Labute approximate surface area is 206 Å². The van der Waals surface area contributed by atoms with Crippen molar-refractivity contribution in [2.75, 3.05) is 20.3 Å². The average molecular weight is 491 g/mol. The van der Waals surface area contributed by atoms with Gasteiger partial charge in [-0.25, -0.2) is 9.79 Å². The van der Waals surface area contributed by atoms with E-state index in [2.05, 4.69) is 11.6 Å². The summed E-state index contributed by atoms with van der Waals surface area (Å²) in [6, 6.07) is 14.3. The van der Waals surface area contributed by atoms with Gasteiger partial charge in [0.05, 0.1) is 35.6 Å². The lowest BCUT2D eigenvalue weighted by Gasteiger charge is -2.24. The van der Waals surface area contributed by atoms with Crippen LogP contribution in [0.15, 0.2) is 82.2 Å². The number of rotatable bonds is 8. The molecule has 4 rings (SSSR count). The molecule has 1 aliphatic heterocycles. The van der Waals surface area contributed by atoms with Crippen molar-refractivity contribution in [1.29, 1.82) is 0 Å². The highest BCUT2D eigenvalue weighted by Crippen LogP contribution is 2.31. The van der Waals surface area contributed by atoms with Crippen molar-refractivity contribution in [1.82, 2.24) is 4.57 Å². The van der Waals surface area contributed by atoms with Crippen molar-refractivity contribution < 1.29 is 19.0 Å². The molecule has 7 nitrogen and oxygen atoms in total. The number of allylic oxidation sites excluding steroid dienone is 1. The van der Waals surface area contributed by atoms with Gasteiger partial charge in [0.1, 0.15) is 6.61 Å². The number of hydrogen-bond donors (Lipinski definition) is 0. The number of esters is 1. The summed E-state index contributed by atoms with van der Waals surface area (Å²) in [4.78, 5) is 31.7. The molecule has 2 heterocycles. The van der Waals surface area contributed by atoms with E-state index < -0.39 is 12.0 Å². The van der Waals surface area contributed by atoms with Crippen LogP contribution >= 0.6 is 11.3 Å². The molecule has 0 saturated heterocycles. The Hall–Kier alpha value is -3.91. The Morgan fingerprint density at radius 3 is 2.66 bits per heavy atom. The highest BCUT2D eigenvalue weighted by atomic mass is 32.1. The normalized spacial score (nSPS) is 15.3. The minimum Gasteiger partial charge on any atom is -0.493 e. The van der Waals surface area contributed by atoms with Crippen molar-refractivity contribution in [3.05, 3.63) is 103 Å². The number of benzene rings is 2. The van der Waals surface area contributed by atoms with Crippen LogP contribution in [0.2, 0.25) is 0 Å². The summed E-state index contributed by atoms with van der Waals surface area (Å²) >= 11 is 1.27. The minimum absolute atomic E-state index is 0.232. The molecule has 3 aromatic rings. The fraction of sp³-hybridized carbons (Fsp3) is 0.222. The molecule has 0 saturated carbocycles. The second-order valence-corrected chi connectivity index (χ2v) is 8.73. The van der Waals surface area contributed by atoms with Gasteiger partial charge in [-0.15, -0.1) is 0 Å². The SMILES string of the molecule is C=CCOc1ccc(/C=c2/sc3n(c2=O)C(c2ccccc2)C(C(=O)OCC)=C(C)N=3)cc1OC. The molecule has 0 radical (unpaired) electrons. The molecular formula is C27H26N2O5S. The van der Waals surface area contributed by atoms with Gasteiger partial charge >= 0.3 is 5.97 Å². The van der Waals surface area contributed by atoms with Crippen LogP contribution in [0.25, 0.3) is 6.08 Å². The monoisotopic (exact) mass is 490 g/mol. The summed E-state index contributed by atoms with van der Waals surface area (Å²) in [5.74, 6) is 0.664. The fourth-order valence-electron chi connectivity index (χ4n) is 3.94. The number of nitrogens with zero attached hydrogens (tertiary/aromatic N) is 2. The smallest absolute Gasteiger partial charge is 0.338 e. The first-order valence-corrected chi connectivity index (χ1v) is 12.0. The first-order chi connectivity index (χ1) is 17.0. The van der Waals surface area contributed by atoms with E-state index in [4.69, 9.17) is 14.2 Å². The lowest BCUT2D eigenvalue weighted by atomic mass is 9.96. The molecule has 1 aromatic heterocycles. The lowest BCUT2D eigenvalue weighted by molar-refractivity contribution is -0.139. The van der Waals surface area contributed by atoms with E-state index in [0.717, 1.165) is 11.1 Å². The average Bonchev–Trinajstić information content (AvgIpc) is 3.17. The van der Waals surface area contributed by atoms with E-state index in [1.54, 1.807) is 49.8 Å². The summed E-state index contributed by atoms with van der Waals surface area (Å²) in [6.07, 6.45) is 3.44. The molecule has 1 atom stereocenters. The summed E-state index contributed by atoms with van der Waals surface area (Å²) in [7, 11) is 1.56. The Morgan fingerprint density at radius 1 is 1.20 bits per heavy atom. The molecule has 0 fully saturated rings. The number of carbonyl (C=O) groups excluding carboxylic acids is 1. The third-order valence-electron chi connectivity index (χ3n) is 5.47. The zero-order valence-corrected chi connectivity index (χ0v) is 20.6. The Balaban J connectivity index is 1.86. The molecule has 1 aliphatic rings. The highest BCUT2D eigenvalue weighted by Gasteiger charge is 2.33. The van der Waals surface area contributed by atoms with E-state index in [9.17, 15) is 9.59 Å². The maximum Gasteiger partial charge on any atom is 0.338 e. The first kappa shape index (κ1) is 24.2. The molecule has 1 unspecified atom stereocenters. The zero-order valence-electron chi connectivity index (χ0n) is 19.8. The number of methoxy groups -OCH3 is 1. The van der Waals surface area contributed by atoms with Crippen LogP contribution in [0.5, 0.6) is 11.5 Å². The van der Waals surface area contributed by atoms with Crippen LogP contribution in [-0.4, -0.2) is 30.9 Å².